The van der Waals surface area contributed by atoms with Crippen LogP contribution in [-0.2, 0) is 4.79 Å². The lowest BCUT2D eigenvalue weighted by Gasteiger charge is -2.14. The molecule has 1 rings (SSSR count). The summed E-state index contributed by atoms with van der Waals surface area (Å²) in [5.41, 5.74) is 6.63. The van der Waals surface area contributed by atoms with Crippen LogP contribution in [0.3, 0.4) is 0 Å². The first-order valence-corrected chi connectivity index (χ1v) is 5.31. The number of ether oxygens (including phenoxy) is 3. The van der Waals surface area contributed by atoms with E-state index in [0.29, 0.717) is 17.2 Å². The van der Waals surface area contributed by atoms with Crippen LogP contribution in [0.4, 0.5) is 0 Å². The van der Waals surface area contributed by atoms with Gasteiger partial charge < -0.3 is 19.9 Å². The summed E-state index contributed by atoms with van der Waals surface area (Å²) in [4.78, 5) is 10.9. The molecule has 0 heterocycles. The van der Waals surface area contributed by atoms with Crippen molar-refractivity contribution in [3.63, 3.8) is 0 Å². The molecule has 0 aliphatic heterocycles. The largest absolute Gasteiger partial charge is 0.493 e. The third kappa shape index (κ3) is 2.94. The van der Waals surface area contributed by atoms with Crippen LogP contribution in [0.25, 0.3) is 5.57 Å². The van der Waals surface area contributed by atoms with Crippen molar-refractivity contribution in [2.24, 2.45) is 5.73 Å². The molecule has 0 unspecified atom stereocenters. The van der Waals surface area contributed by atoms with Crippen LogP contribution >= 0.6 is 0 Å². The van der Waals surface area contributed by atoms with E-state index in [1.54, 1.807) is 19.1 Å². The maximum atomic E-state index is 10.9. The number of rotatable bonds is 5. The molecule has 5 heteroatoms. The molecular formula is C13H17NO4. The van der Waals surface area contributed by atoms with Crippen molar-refractivity contribution < 1.29 is 19.0 Å². The molecule has 0 radical (unpaired) electrons. The molecule has 0 spiro atoms. The molecule has 0 saturated carbocycles. The Balaban J connectivity index is 3.36. The van der Waals surface area contributed by atoms with E-state index in [9.17, 15) is 4.79 Å². The van der Waals surface area contributed by atoms with Gasteiger partial charge in [0.2, 0.25) is 11.7 Å². The molecule has 0 bridgehead atoms. The Morgan fingerprint density at radius 3 is 1.94 bits per heavy atom. The summed E-state index contributed by atoms with van der Waals surface area (Å²) in [6.07, 6.45) is 1.35. The van der Waals surface area contributed by atoms with Crippen molar-refractivity contribution in [3.05, 3.63) is 23.8 Å². The molecule has 1 aromatic carbocycles. The SMILES string of the molecule is COc1cc(/C(C)=C\C(N)=O)cc(OC)c1OC. The van der Waals surface area contributed by atoms with Crippen molar-refractivity contribution in [1.29, 1.82) is 0 Å². The highest BCUT2D eigenvalue weighted by Gasteiger charge is 2.13. The predicted molar refractivity (Wildman–Crippen MR) is 68.9 cm³/mol. The van der Waals surface area contributed by atoms with E-state index in [-0.39, 0.29) is 0 Å². The van der Waals surface area contributed by atoms with Crippen molar-refractivity contribution in [1.82, 2.24) is 0 Å². The molecule has 98 valence electrons. The summed E-state index contributed by atoms with van der Waals surface area (Å²) in [6, 6.07) is 3.52. The zero-order chi connectivity index (χ0) is 13.7. The van der Waals surface area contributed by atoms with Gasteiger partial charge in [-0.3, -0.25) is 4.79 Å². The molecule has 0 aliphatic rings. The summed E-state index contributed by atoms with van der Waals surface area (Å²) in [5.74, 6) is 1.07. The van der Waals surface area contributed by atoms with Crippen LogP contribution < -0.4 is 19.9 Å². The van der Waals surface area contributed by atoms with E-state index < -0.39 is 5.91 Å². The molecule has 5 nitrogen and oxygen atoms in total. The number of hydrogen-bond donors (Lipinski definition) is 1. The minimum Gasteiger partial charge on any atom is -0.493 e. The van der Waals surface area contributed by atoms with Gasteiger partial charge in [0, 0.05) is 6.08 Å². The lowest BCUT2D eigenvalue weighted by molar-refractivity contribution is -0.113. The lowest BCUT2D eigenvalue weighted by Crippen LogP contribution is -2.06. The van der Waals surface area contributed by atoms with Gasteiger partial charge in [-0.15, -0.1) is 0 Å². The normalized spacial score (nSPS) is 11.0. The topological polar surface area (TPSA) is 70.8 Å². The number of carbonyl (C=O) groups excluding carboxylic acids is 1. The van der Waals surface area contributed by atoms with Crippen molar-refractivity contribution >= 4 is 11.5 Å². The molecule has 0 saturated heterocycles. The number of amides is 1. The second-order valence-corrected chi connectivity index (χ2v) is 3.64. The van der Waals surface area contributed by atoms with Crippen molar-refractivity contribution in [3.8, 4) is 17.2 Å². The molecule has 18 heavy (non-hydrogen) atoms. The monoisotopic (exact) mass is 251 g/mol. The zero-order valence-corrected chi connectivity index (χ0v) is 10.9. The average molecular weight is 251 g/mol. The van der Waals surface area contributed by atoms with Gasteiger partial charge >= 0.3 is 0 Å². The Morgan fingerprint density at radius 2 is 1.61 bits per heavy atom. The summed E-state index contributed by atoms with van der Waals surface area (Å²) in [7, 11) is 4.61. The summed E-state index contributed by atoms with van der Waals surface area (Å²) in [5, 5.41) is 0. The molecule has 0 aromatic heterocycles. The second-order valence-electron chi connectivity index (χ2n) is 3.64. The van der Waals surface area contributed by atoms with Crippen LogP contribution in [-0.4, -0.2) is 27.2 Å². The Kier molecular flexibility index (Phi) is 4.59. The van der Waals surface area contributed by atoms with E-state index in [2.05, 4.69) is 0 Å². The van der Waals surface area contributed by atoms with E-state index >= 15 is 0 Å². The van der Waals surface area contributed by atoms with E-state index in [0.717, 1.165) is 11.1 Å². The highest BCUT2D eigenvalue weighted by Crippen LogP contribution is 2.39. The minimum absolute atomic E-state index is 0.499. The number of benzene rings is 1. The van der Waals surface area contributed by atoms with Gasteiger partial charge in [-0.1, -0.05) is 0 Å². The Bertz CT molecular complexity index is 455. The Hall–Kier alpha value is -2.17. The molecule has 1 amide bonds. The molecule has 0 atom stereocenters. The fourth-order valence-electron chi connectivity index (χ4n) is 1.61. The van der Waals surface area contributed by atoms with Gasteiger partial charge in [0.15, 0.2) is 11.5 Å². The van der Waals surface area contributed by atoms with Gasteiger partial charge in [-0.05, 0) is 30.2 Å². The van der Waals surface area contributed by atoms with Crippen LogP contribution in [0.15, 0.2) is 18.2 Å². The molecule has 2 N–H and O–H groups in total. The third-order valence-electron chi connectivity index (χ3n) is 2.48. The Morgan fingerprint density at radius 1 is 1.11 bits per heavy atom. The first-order valence-electron chi connectivity index (χ1n) is 5.31. The summed E-state index contributed by atoms with van der Waals surface area (Å²) >= 11 is 0. The second kappa shape index (κ2) is 5.95. The quantitative estimate of drug-likeness (QED) is 0.807. The van der Waals surface area contributed by atoms with Gasteiger partial charge in [-0.2, -0.15) is 0 Å². The maximum Gasteiger partial charge on any atom is 0.241 e. The van der Waals surface area contributed by atoms with Crippen LogP contribution in [0.2, 0.25) is 0 Å². The molecule has 0 aliphatic carbocycles. The third-order valence-corrected chi connectivity index (χ3v) is 2.48. The lowest BCUT2D eigenvalue weighted by atomic mass is 10.1. The first-order chi connectivity index (χ1) is 8.53. The number of carbonyl (C=O) groups is 1. The average Bonchev–Trinajstić information content (AvgIpc) is 2.35. The number of primary amides is 1. The van der Waals surface area contributed by atoms with Crippen LogP contribution in [0.5, 0.6) is 17.2 Å². The highest BCUT2D eigenvalue weighted by atomic mass is 16.5. The fraction of sp³-hybridized carbons (Fsp3) is 0.308. The number of hydrogen-bond acceptors (Lipinski definition) is 4. The Labute approximate surface area is 106 Å². The smallest absolute Gasteiger partial charge is 0.241 e. The zero-order valence-electron chi connectivity index (χ0n) is 10.9. The van der Waals surface area contributed by atoms with Gasteiger partial charge in [0.05, 0.1) is 21.3 Å². The molecule has 0 fully saturated rings. The van der Waals surface area contributed by atoms with Crippen molar-refractivity contribution in [2.75, 3.05) is 21.3 Å². The van der Waals surface area contributed by atoms with E-state index in [1.807, 2.05) is 0 Å². The summed E-state index contributed by atoms with van der Waals surface area (Å²) in [6.45, 7) is 1.78. The van der Waals surface area contributed by atoms with Crippen LogP contribution in [0, 0.1) is 0 Å². The standard InChI is InChI=1S/C13H17NO4/c1-8(5-12(14)15)9-6-10(16-2)13(18-4)11(7-9)17-3/h5-7H,1-4H3,(H2,14,15)/b8-5-. The van der Waals surface area contributed by atoms with Gasteiger partial charge in [0.1, 0.15) is 0 Å². The highest BCUT2D eigenvalue weighted by molar-refractivity contribution is 5.94. The van der Waals surface area contributed by atoms with Gasteiger partial charge in [0.25, 0.3) is 0 Å². The van der Waals surface area contributed by atoms with E-state index in [4.69, 9.17) is 19.9 Å². The van der Waals surface area contributed by atoms with E-state index in [1.165, 1.54) is 27.4 Å². The van der Waals surface area contributed by atoms with Gasteiger partial charge in [-0.25, -0.2) is 0 Å². The number of methoxy groups -OCH3 is 3. The fourth-order valence-corrected chi connectivity index (χ4v) is 1.61. The maximum absolute atomic E-state index is 10.9. The molecular weight excluding hydrogens is 234 g/mol. The predicted octanol–water partition coefficient (Wildman–Crippen LogP) is 1.60. The van der Waals surface area contributed by atoms with Crippen LogP contribution in [0.1, 0.15) is 12.5 Å². The van der Waals surface area contributed by atoms with Crippen molar-refractivity contribution in [2.45, 2.75) is 6.92 Å². The summed E-state index contributed by atoms with van der Waals surface area (Å²) < 4.78 is 15.7. The number of allylic oxidation sites excluding steroid dienone is 1. The number of nitrogens with two attached hydrogens (primary N) is 1. The first kappa shape index (κ1) is 13.9. The minimum atomic E-state index is -0.499. The molecule has 1 aromatic rings.